The molecule has 0 spiro atoms. The molecule has 62 valence electrons. The van der Waals surface area contributed by atoms with Gasteiger partial charge < -0.3 is 0 Å². The maximum Gasteiger partial charge on any atom is 0.149 e. The Hall–Kier alpha value is -0.170. The molecule has 0 aliphatic carbocycles. The maximum absolute atomic E-state index is 4.26. The fourth-order valence-electron chi connectivity index (χ4n) is 1.07. The smallest absolute Gasteiger partial charge is 0.149 e. The second-order valence-corrected chi connectivity index (χ2v) is 4.37. The van der Waals surface area contributed by atoms with E-state index in [9.17, 15) is 0 Å². The lowest BCUT2D eigenvalue weighted by Gasteiger charge is -1.92. The van der Waals surface area contributed by atoms with Crippen molar-refractivity contribution >= 4 is 49.6 Å². The van der Waals surface area contributed by atoms with Crippen LogP contribution in [0.4, 0.5) is 0 Å². The third kappa shape index (κ3) is 1.24. The lowest BCUT2D eigenvalue weighted by Crippen LogP contribution is -1.89. The van der Waals surface area contributed by atoms with Crippen molar-refractivity contribution in [3.05, 3.63) is 20.4 Å². The molecule has 0 bridgehead atoms. The van der Waals surface area contributed by atoms with Crippen LogP contribution in [-0.2, 0) is 7.05 Å². The average Bonchev–Trinajstić information content (AvgIpc) is 2.28. The van der Waals surface area contributed by atoms with Crippen LogP contribution in [0.15, 0.2) is 16.7 Å². The summed E-state index contributed by atoms with van der Waals surface area (Å²) in [5.74, 6) is 0. The summed E-state index contributed by atoms with van der Waals surface area (Å²) in [7, 11) is 1.92. The van der Waals surface area contributed by atoms with Crippen LogP contribution in [0.3, 0.4) is 0 Å². The zero-order chi connectivity index (χ0) is 8.72. The molecule has 0 unspecified atom stereocenters. The fraction of sp³-hybridized carbons (Fsp3) is 0.143. The summed E-state index contributed by atoms with van der Waals surface area (Å²) in [6.45, 7) is 0. The Morgan fingerprint density at radius 1 is 1.58 bits per heavy atom. The Bertz CT molecular complexity index is 437. The summed E-state index contributed by atoms with van der Waals surface area (Å²) in [5, 5.41) is 4.25. The van der Waals surface area contributed by atoms with Gasteiger partial charge in [0.25, 0.3) is 0 Å². The van der Waals surface area contributed by atoms with Crippen LogP contribution in [-0.4, -0.2) is 14.8 Å². The van der Waals surface area contributed by atoms with Gasteiger partial charge in [0, 0.05) is 17.7 Å². The van der Waals surface area contributed by atoms with Gasteiger partial charge in [0.2, 0.25) is 0 Å². The molecule has 0 aliphatic rings. The standard InChI is InChI=1S/C7H5BrIN3/c1-12-5-2-4(8)3-10-6(5)7(9)11-12/h2-3H,1H3. The number of rotatable bonds is 0. The van der Waals surface area contributed by atoms with Crippen molar-refractivity contribution in [2.24, 2.45) is 7.05 Å². The van der Waals surface area contributed by atoms with E-state index in [0.717, 1.165) is 19.2 Å². The van der Waals surface area contributed by atoms with Crippen molar-refractivity contribution in [1.29, 1.82) is 0 Å². The van der Waals surface area contributed by atoms with Gasteiger partial charge in [0.15, 0.2) is 0 Å². The van der Waals surface area contributed by atoms with Crippen LogP contribution in [0.25, 0.3) is 11.0 Å². The first kappa shape index (κ1) is 8.43. The van der Waals surface area contributed by atoms with Gasteiger partial charge in [-0.3, -0.25) is 9.67 Å². The number of aromatic nitrogens is 3. The minimum atomic E-state index is 0.942. The zero-order valence-corrected chi connectivity index (χ0v) is 10.00. The minimum Gasteiger partial charge on any atom is -0.265 e. The number of hydrogen-bond donors (Lipinski definition) is 0. The Morgan fingerprint density at radius 3 is 3.08 bits per heavy atom. The molecule has 0 aromatic carbocycles. The van der Waals surface area contributed by atoms with Gasteiger partial charge in [-0.15, -0.1) is 0 Å². The normalized spacial score (nSPS) is 10.9. The molecule has 5 heteroatoms. The molecule has 0 fully saturated rings. The zero-order valence-electron chi connectivity index (χ0n) is 6.25. The van der Waals surface area contributed by atoms with Gasteiger partial charge in [-0.2, -0.15) is 5.10 Å². The molecule has 3 nitrogen and oxygen atoms in total. The molecule has 0 atom stereocenters. The second-order valence-electron chi connectivity index (χ2n) is 2.44. The predicted octanol–water partition coefficient (Wildman–Crippen LogP) is 2.34. The van der Waals surface area contributed by atoms with Gasteiger partial charge >= 0.3 is 0 Å². The van der Waals surface area contributed by atoms with Crippen molar-refractivity contribution < 1.29 is 0 Å². The number of halogens is 2. The van der Waals surface area contributed by atoms with Gasteiger partial charge in [-0.25, -0.2) is 0 Å². The molecular formula is C7H5BrIN3. The molecule has 0 saturated heterocycles. The molecule has 12 heavy (non-hydrogen) atoms. The van der Waals surface area contributed by atoms with Crippen LogP contribution < -0.4 is 0 Å². The number of pyridine rings is 1. The van der Waals surface area contributed by atoms with Crippen molar-refractivity contribution in [1.82, 2.24) is 14.8 Å². The first-order valence-corrected chi connectivity index (χ1v) is 5.19. The summed E-state index contributed by atoms with van der Waals surface area (Å²) in [4.78, 5) is 4.26. The number of aryl methyl sites for hydroxylation is 1. The fourth-order valence-corrected chi connectivity index (χ4v) is 2.13. The number of nitrogens with zero attached hydrogens (tertiary/aromatic N) is 3. The Morgan fingerprint density at radius 2 is 2.33 bits per heavy atom. The molecule has 2 heterocycles. The van der Waals surface area contributed by atoms with Gasteiger partial charge in [0.1, 0.15) is 9.22 Å². The third-order valence-corrected chi connectivity index (χ3v) is 2.78. The third-order valence-electron chi connectivity index (χ3n) is 1.62. The Balaban J connectivity index is 2.90. The van der Waals surface area contributed by atoms with E-state index in [1.54, 1.807) is 6.20 Å². The van der Waals surface area contributed by atoms with Crippen LogP contribution >= 0.6 is 38.5 Å². The first-order valence-electron chi connectivity index (χ1n) is 3.32. The highest BCUT2D eigenvalue weighted by atomic mass is 127. The van der Waals surface area contributed by atoms with E-state index in [1.165, 1.54) is 0 Å². The van der Waals surface area contributed by atoms with E-state index < -0.39 is 0 Å². The van der Waals surface area contributed by atoms with Gasteiger partial charge in [0.05, 0.1) is 5.52 Å². The second kappa shape index (κ2) is 2.95. The van der Waals surface area contributed by atoms with E-state index in [2.05, 4.69) is 48.6 Å². The molecule has 0 radical (unpaired) electrons. The highest BCUT2D eigenvalue weighted by Gasteiger charge is 2.06. The molecule has 0 aliphatic heterocycles. The maximum atomic E-state index is 4.26. The monoisotopic (exact) mass is 337 g/mol. The molecule has 0 saturated carbocycles. The lowest BCUT2D eigenvalue weighted by molar-refractivity contribution is 0.787. The van der Waals surface area contributed by atoms with E-state index in [1.807, 2.05) is 17.8 Å². The highest BCUT2D eigenvalue weighted by Crippen LogP contribution is 2.20. The molecule has 0 amide bonds. The first-order chi connectivity index (χ1) is 5.68. The minimum absolute atomic E-state index is 0.942. The van der Waals surface area contributed by atoms with E-state index >= 15 is 0 Å². The molecular weight excluding hydrogens is 333 g/mol. The van der Waals surface area contributed by atoms with Crippen molar-refractivity contribution in [2.45, 2.75) is 0 Å². The van der Waals surface area contributed by atoms with Crippen molar-refractivity contribution in [2.75, 3.05) is 0 Å². The predicted molar refractivity (Wildman–Crippen MR) is 58.9 cm³/mol. The van der Waals surface area contributed by atoms with Gasteiger partial charge in [-0.1, -0.05) is 0 Å². The largest absolute Gasteiger partial charge is 0.265 e. The average molecular weight is 338 g/mol. The van der Waals surface area contributed by atoms with E-state index in [-0.39, 0.29) is 0 Å². The van der Waals surface area contributed by atoms with Crippen LogP contribution in [0.5, 0.6) is 0 Å². The summed E-state index contributed by atoms with van der Waals surface area (Å²) < 4.78 is 3.75. The van der Waals surface area contributed by atoms with Crippen molar-refractivity contribution in [3.8, 4) is 0 Å². The summed E-state index contributed by atoms with van der Waals surface area (Å²) in [5.41, 5.74) is 2.01. The summed E-state index contributed by atoms with van der Waals surface area (Å²) in [6, 6.07) is 2.01. The molecule has 0 N–H and O–H groups in total. The highest BCUT2D eigenvalue weighted by molar-refractivity contribution is 14.1. The topological polar surface area (TPSA) is 30.7 Å². The van der Waals surface area contributed by atoms with Crippen molar-refractivity contribution in [3.63, 3.8) is 0 Å². The lowest BCUT2D eigenvalue weighted by atomic mass is 10.4. The van der Waals surface area contributed by atoms with Crippen LogP contribution in [0.1, 0.15) is 0 Å². The van der Waals surface area contributed by atoms with E-state index in [4.69, 9.17) is 0 Å². The summed E-state index contributed by atoms with van der Waals surface area (Å²) in [6.07, 6.45) is 1.78. The van der Waals surface area contributed by atoms with Gasteiger partial charge in [-0.05, 0) is 44.6 Å². The molecule has 2 rings (SSSR count). The Kier molecular flexibility index (Phi) is 2.07. The SMILES string of the molecule is Cn1nc(I)c2ncc(Br)cc21. The number of hydrogen-bond acceptors (Lipinski definition) is 2. The van der Waals surface area contributed by atoms with E-state index in [0.29, 0.717) is 0 Å². The van der Waals surface area contributed by atoms with Crippen LogP contribution in [0.2, 0.25) is 0 Å². The molecule has 2 aromatic rings. The Labute approximate surface area is 91.4 Å². The summed E-state index contributed by atoms with van der Waals surface area (Å²) >= 11 is 5.55. The number of fused-ring (bicyclic) bond motifs is 1. The van der Waals surface area contributed by atoms with Crippen LogP contribution in [0, 0.1) is 3.70 Å². The molecule has 2 aromatic heterocycles. The quantitative estimate of drug-likeness (QED) is 0.691.